The molecule has 0 saturated carbocycles. The second kappa shape index (κ2) is 5.93. The first-order valence-corrected chi connectivity index (χ1v) is 9.43. The number of halogens is 1. The highest BCUT2D eigenvalue weighted by atomic mass is 79.9. The molecular weight excluding hydrogens is 396 g/mol. The summed E-state index contributed by atoms with van der Waals surface area (Å²) in [6.45, 7) is 1.22. The van der Waals surface area contributed by atoms with E-state index in [1.54, 1.807) is 7.11 Å². The van der Waals surface area contributed by atoms with Crippen molar-refractivity contribution in [1.82, 2.24) is 9.88 Å². The largest absolute Gasteiger partial charge is 0.492 e. The Labute approximate surface area is 160 Å². The van der Waals surface area contributed by atoms with Gasteiger partial charge in [0.25, 0.3) is 0 Å². The number of rotatable bonds is 2. The first kappa shape index (κ1) is 16.0. The van der Waals surface area contributed by atoms with Gasteiger partial charge >= 0.3 is 0 Å². The van der Waals surface area contributed by atoms with E-state index in [-0.39, 0.29) is 12.8 Å². The van der Waals surface area contributed by atoms with E-state index in [2.05, 4.69) is 63.3 Å². The van der Waals surface area contributed by atoms with Gasteiger partial charge in [-0.15, -0.1) is 0 Å². The zero-order chi connectivity index (χ0) is 17.8. The van der Waals surface area contributed by atoms with Gasteiger partial charge in [-0.2, -0.15) is 0 Å². The summed E-state index contributed by atoms with van der Waals surface area (Å²) < 4.78 is 18.2. The fraction of sp³-hybridized carbons (Fsp3) is 0.300. The number of benzene rings is 2. The van der Waals surface area contributed by atoms with Crippen LogP contribution in [0.3, 0.4) is 0 Å². The molecule has 0 spiro atoms. The predicted octanol–water partition coefficient (Wildman–Crippen LogP) is 4.25. The van der Waals surface area contributed by atoms with Crippen LogP contribution in [0.15, 0.2) is 34.9 Å². The second-order valence-corrected chi connectivity index (χ2v) is 7.70. The maximum atomic E-state index is 5.82. The first-order valence-electron chi connectivity index (χ1n) is 8.63. The summed E-state index contributed by atoms with van der Waals surface area (Å²) in [5.41, 5.74) is 4.80. The molecule has 2 aliphatic rings. The lowest BCUT2D eigenvalue weighted by Crippen LogP contribution is -2.33. The van der Waals surface area contributed by atoms with E-state index in [1.807, 2.05) is 0 Å². The van der Waals surface area contributed by atoms with Crippen LogP contribution in [-0.2, 0) is 6.42 Å². The van der Waals surface area contributed by atoms with Crippen molar-refractivity contribution in [3.05, 3.63) is 51.6 Å². The number of nitrogens with zero attached hydrogens (tertiary/aromatic N) is 1. The fourth-order valence-corrected chi connectivity index (χ4v) is 4.53. The molecule has 3 aromatic rings. The Hall–Kier alpha value is -2.18. The van der Waals surface area contributed by atoms with Gasteiger partial charge < -0.3 is 19.2 Å². The number of ether oxygens (including phenoxy) is 3. The summed E-state index contributed by atoms with van der Waals surface area (Å²) in [6.07, 6.45) is 3.07. The molecule has 0 aliphatic carbocycles. The van der Waals surface area contributed by atoms with Crippen molar-refractivity contribution >= 4 is 26.8 Å². The average molecular weight is 415 g/mol. The molecule has 2 aromatic carbocycles. The van der Waals surface area contributed by atoms with Gasteiger partial charge in [0.2, 0.25) is 12.5 Å². The quantitative estimate of drug-likeness (QED) is 0.680. The first-order chi connectivity index (χ1) is 12.7. The van der Waals surface area contributed by atoms with Crippen molar-refractivity contribution in [1.29, 1.82) is 0 Å². The van der Waals surface area contributed by atoms with Crippen molar-refractivity contribution in [2.75, 3.05) is 27.5 Å². The topological polar surface area (TPSA) is 46.7 Å². The van der Waals surface area contributed by atoms with Gasteiger partial charge in [0.15, 0.2) is 11.5 Å². The number of hydrogen-bond donors (Lipinski definition) is 1. The monoisotopic (exact) mass is 414 g/mol. The molecular formula is C20H19BrN2O3. The van der Waals surface area contributed by atoms with Gasteiger partial charge in [0, 0.05) is 33.7 Å². The third kappa shape index (κ3) is 2.25. The van der Waals surface area contributed by atoms with E-state index in [1.165, 1.54) is 22.1 Å². The zero-order valence-corrected chi connectivity index (χ0v) is 16.2. The Bertz CT molecular complexity index is 1010. The molecule has 0 radical (unpaired) electrons. The highest BCUT2D eigenvalue weighted by Crippen LogP contribution is 2.51. The van der Waals surface area contributed by atoms with Crippen molar-refractivity contribution in [2.24, 2.45) is 0 Å². The van der Waals surface area contributed by atoms with E-state index >= 15 is 0 Å². The van der Waals surface area contributed by atoms with E-state index in [0.29, 0.717) is 5.75 Å². The Morgan fingerprint density at radius 3 is 3.00 bits per heavy atom. The molecule has 0 amide bonds. The smallest absolute Gasteiger partial charge is 0.231 e. The van der Waals surface area contributed by atoms with Crippen LogP contribution < -0.4 is 14.2 Å². The number of fused-ring (bicyclic) bond motifs is 3. The zero-order valence-electron chi connectivity index (χ0n) is 14.6. The lowest BCUT2D eigenvalue weighted by Gasteiger charge is -2.35. The summed E-state index contributed by atoms with van der Waals surface area (Å²) in [5.74, 6) is 2.29. The fourth-order valence-electron chi connectivity index (χ4n) is 4.17. The van der Waals surface area contributed by atoms with Crippen LogP contribution in [0.5, 0.6) is 17.2 Å². The van der Waals surface area contributed by atoms with Gasteiger partial charge in [-0.25, -0.2) is 0 Å². The van der Waals surface area contributed by atoms with Crippen LogP contribution in [0.4, 0.5) is 0 Å². The van der Waals surface area contributed by atoms with E-state index in [4.69, 9.17) is 14.2 Å². The lowest BCUT2D eigenvalue weighted by atomic mass is 9.87. The lowest BCUT2D eigenvalue weighted by molar-refractivity contribution is 0.171. The van der Waals surface area contributed by atoms with Gasteiger partial charge in [-0.05, 0) is 48.9 Å². The molecule has 0 bridgehead atoms. The summed E-state index contributed by atoms with van der Waals surface area (Å²) in [4.78, 5) is 5.78. The molecule has 26 heavy (non-hydrogen) atoms. The summed E-state index contributed by atoms with van der Waals surface area (Å²) in [5, 5.41) is 1.21. The van der Waals surface area contributed by atoms with E-state index in [9.17, 15) is 0 Å². The van der Waals surface area contributed by atoms with Crippen molar-refractivity contribution in [2.45, 2.75) is 12.5 Å². The minimum absolute atomic E-state index is 0.0891. The molecule has 5 nitrogen and oxygen atoms in total. The molecule has 1 atom stereocenters. The van der Waals surface area contributed by atoms with Crippen molar-refractivity contribution in [3.63, 3.8) is 0 Å². The van der Waals surface area contributed by atoms with Gasteiger partial charge in [0.1, 0.15) is 0 Å². The molecule has 134 valence electrons. The van der Waals surface area contributed by atoms with Crippen molar-refractivity contribution < 1.29 is 14.2 Å². The molecule has 3 heterocycles. The number of methoxy groups -OCH3 is 1. The Kier molecular flexibility index (Phi) is 3.65. The summed E-state index contributed by atoms with van der Waals surface area (Å²) in [7, 11) is 3.86. The van der Waals surface area contributed by atoms with Crippen LogP contribution in [0.1, 0.15) is 22.7 Å². The normalized spacial score (nSPS) is 19.0. The minimum Gasteiger partial charge on any atom is -0.492 e. The molecule has 1 unspecified atom stereocenters. The van der Waals surface area contributed by atoms with Gasteiger partial charge in [-0.1, -0.05) is 15.9 Å². The Balaban J connectivity index is 1.77. The molecule has 6 heteroatoms. The Morgan fingerprint density at radius 2 is 2.15 bits per heavy atom. The Morgan fingerprint density at radius 1 is 1.27 bits per heavy atom. The number of likely N-dealkylation sites (N-methyl/N-ethyl adjacent to an activating group) is 1. The maximum Gasteiger partial charge on any atom is 0.231 e. The van der Waals surface area contributed by atoms with Crippen LogP contribution in [-0.4, -0.2) is 37.4 Å². The molecule has 0 fully saturated rings. The van der Waals surface area contributed by atoms with E-state index in [0.717, 1.165) is 34.5 Å². The highest BCUT2D eigenvalue weighted by molar-refractivity contribution is 9.10. The van der Waals surface area contributed by atoms with Crippen LogP contribution in [0.2, 0.25) is 0 Å². The number of H-pyrrole nitrogens is 1. The predicted molar refractivity (Wildman–Crippen MR) is 103 cm³/mol. The third-order valence-electron chi connectivity index (χ3n) is 5.37. The number of aromatic amines is 1. The highest BCUT2D eigenvalue weighted by Gasteiger charge is 2.35. The average Bonchev–Trinajstić information content (AvgIpc) is 3.26. The SMILES string of the molecule is COc1c2c(cc3c1C(c1c[nH]c4ccc(Br)cc14)N(C)CC3)OCO2. The maximum absolute atomic E-state index is 5.82. The number of nitrogens with one attached hydrogen (secondary N) is 1. The third-order valence-corrected chi connectivity index (χ3v) is 5.86. The van der Waals surface area contributed by atoms with Crippen molar-refractivity contribution in [3.8, 4) is 17.2 Å². The second-order valence-electron chi connectivity index (χ2n) is 6.78. The summed E-state index contributed by atoms with van der Waals surface area (Å²) >= 11 is 3.60. The molecule has 1 aromatic heterocycles. The van der Waals surface area contributed by atoms with Crippen LogP contribution in [0.25, 0.3) is 10.9 Å². The molecule has 2 aliphatic heterocycles. The van der Waals surface area contributed by atoms with Crippen LogP contribution >= 0.6 is 15.9 Å². The minimum atomic E-state index is 0.0891. The van der Waals surface area contributed by atoms with Gasteiger partial charge in [0.05, 0.1) is 13.2 Å². The standard InChI is InChI=1S/C20H19BrN2O3/c1-23-6-5-11-7-16-19(26-10-25-16)20(24-2)17(11)18(23)14-9-22-15-4-3-12(21)8-13(14)15/h3-4,7-9,18,22H,5-6,10H2,1-2H3. The molecule has 0 saturated heterocycles. The van der Waals surface area contributed by atoms with E-state index < -0.39 is 0 Å². The molecule has 5 rings (SSSR count). The summed E-state index contributed by atoms with van der Waals surface area (Å²) in [6, 6.07) is 8.53. The van der Waals surface area contributed by atoms with Gasteiger partial charge in [-0.3, -0.25) is 4.90 Å². The van der Waals surface area contributed by atoms with Crippen LogP contribution in [0, 0.1) is 0 Å². The number of hydrogen-bond acceptors (Lipinski definition) is 4. The molecule has 1 N–H and O–H groups in total. The number of aromatic nitrogens is 1.